The summed E-state index contributed by atoms with van der Waals surface area (Å²) in [5, 5.41) is 0. The number of aryl methyl sites for hydroxylation is 1. The Hall–Kier alpha value is -2.33. The smallest absolute Gasteiger partial charge is 0.306 e. The first kappa shape index (κ1) is 28.9. The Morgan fingerprint density at radius 2 is 1.49 bits per heavy atom. The summed E-state index contributed by atoms with van der Waals surface area (Å²) in [4.78, 5) is 12.2. The van der Waals surface area contributed by atoms with Crippen molar-refractivity contribution in [1.29, 1.82) is 0 Å². The standard InChI is InChI=1S/C31H48NO3/c1-5-6-7-8-9-10-12-16-28-20-22-30(23-21-28)35-27(2)26-34-31(33)19-15-24-32(3,4)25-29-17-13-11-14-18-29/h11,13-14,17-18,20-23,27H,5-10,12,15-16,19,24-26H2,1-4H3/q+1. The third kappa shape index (κ3) is 13.4. The molecule has 194 valence electrons. The third-order valence-corrected chi connectivity index (χ3v) is 6.41. The van der Waals surface area contributed by atoms with Gasteiger partial charge >= 0.3 is 5.97 Å². The van der Waals surface area contributed by atoms with Gasteiger partial charge in [0, 0.05) is 12.0 Å². The minimum Gasteiger partial charge on any atom is -0.487 e. The summed E-state index contributed by atoms with van der Waals surface area (Å²) in [7, 11) is 4.41. The SMILES string of the molecule is CCCCCCCCCc1ccc(OC(C)COC(=O)CCC[N+](C)(C)Cc2ccccc2)cc1. The Bertz CT molecular complexity index is 817. The molecule has 2 aromatic rings. The molecule has 0 radical (unpaired) electrons. The second-order valence-corrected chi connectivity index (χ2v) is 10.5. The molecule has 0 saturated carbocycles. The monoisotopic (exact) mass is 482 g/mol. The maximum absolute atomic E-state index is 12.2. The predicted molar refractivity (Wildman–Crippen MR) is 146 cm³/mol. The lowest BCUT2D eigenvalue weighted by molar-refractivity contribution is -0.903. The molecule has 0 aromatic heterocycles. The highest BCUT2D eigenvalue weighted by atomic mass is 16.6. The Balaban J connectivity index is 1.57. The molecule has 0 saturated heterocycles. The van der Waals surface area contributed by atoms with Gasteiger partial charge in [0.1, 0.15) is 25.0 Å². The third-order valence-electron chi connectivity index (χ3n) is 6.41. The van der Waals surface area contributed by atoms with Crippen LogP contribution in [-0.2, 0) is 22.5 Å². The van der Waals surface area contributed by atoms with Gasteiger partial charge in [0.05, 0.1) is 27.1 Å². The van der Waals surface area contributed by atoms with Crippen LogP contribution in [0, 0.1) is 0 Å². The van der Waals surface area contributed by atoms with Gasteiger partial charge in [0.2, 0.25) is 0 Å². The van der Waals surface area contributed by atoms with E-state index in [1.807, 2.05) is 25.1 Å². The van der Waals surface area contributed by atoms with Gasteiger partial charge in [-0.3, -0.25) is 4.79 Å². The number of esters is 1. The fourth-order valence-corrected chi connectivity index (χ4v) is 4.38. The van der Waals surface area contributed by atoms with Crippen LogP contribution in [0.2, 0.25) is 0 Å². The number of unbranched alkanes of at least 4 members (excludes halogenated alkanes) is 6. The lowest BCUT2D eigenvalue weighted by atomic mass is 10.0. The van der Waals surface area contributed by atoms with Crippen LogP contribution in [0.5, 0.6) is 5.75 Å². The number of rotatable bonds is 18. The van der Waals surface area contributed by atoms with Crippen molar-refractivity contribution >= 4 is 5.97 Å². The van der Waals surface area contributed by atoms with E-state index in [-0.39, 0.29) is 18.7 Å². The largest absolute Gasteiger partial charge is 0.487 e. The van der Waals surface area contributed by atoms with Gasteiger partial charge in [0.25, 0.3) is 0 Å². The Morgan fingerprint density at radius 3 is 2.17 bits per heavy atom. The van der Waals surface area contributed by atoms with Crippen LogP contribution in [0.15, 0.2) is 54.6 Å². The second-order valence-electron chi connectivity index (χ2n) is 10.5. The van der Waals surface area contributed by atoms with Gasteiger partial charge in [-0.2, -0.15) is 0 Å². The molecule has 0 heterocycles. The van der Waals surface area contributed by atoms with Crippen LogP contribution < -0.4 is 4.74 Å². The van der Waals surface area contributed by atoms with Gasteiger partial charge in [-0.15, -0.1) is 0 Å². The summed E-state index contributed by atoms with van der Waals surface area (Å²) in [6, 6.07) is 18.9. The lowest BCUT2D eigenvalue weighted by Crippen LogP contribution is -2.39. The number of benzene rings is 2. The number of hydrogen-bond donors (Lipinski definition) is 0. The molecular weight excluding hydrogens is 434 g/mol. The van der Waals surface area contributed by atoms with Gasteiger partial charge in [0.15, 0.2) is 0 Å². The Labute approximate surface area is 214 Å². The average molecular weight is 483 g/mol. The highest BCUT2D eigenvalue weighted by Gasteiger charge is 2.17. The Morgan fingerprint density at radius 1 is 0.829 bits per heavy atom. The average Bonchev–Trinajstić information content (AvgIpc) is 2.83. The summed E-state index contributed by atoms with van der Waals surface area (Å²) in [5.74, 6) is 0.682. The quantitative estimate of drug-likeness (QED) is 0.127. The Kier molecular flexibility index (Phi) is 13.5. The van der Waals surface area contributed by atoms with Gasteiger partial charge in [-0.1, -0.05) is 87.9 Å². The van der Waals surface area contributed by atoms with Crippen molar-refractivity contribution < 1.29 is 18.8 Å². The van der Waals surface area contributed by atoms with Crippen molar-refractivity contribution in [2.24, 2.45) is 0 Å². The van der Waals surface area contributed by atoms with Crippen LogP contribution in [0.25, 0.3) is 0 Å². The number of carbonyl (C=O) groups is 1. The van der Waals surface area contributed by atoms with E-state index >= 15 is 0 Å². The van der Waals surface area contributed by atoms with Crippen molar-refractivity contribution in [1.82, 2.24) is 0 Å². The molecule has 0 aliphatic heterocycles. The number of nitrogens with zero attached hydrogens (tertiary/aromatic N) is 1. The van der Waals surface area contributed by atoms with E-state index in [0.29, 0.717) is 6.42 Å². The number of hydrogen-bond acceptors (Lipinski definition) is 3. The van der Waals surface area contributed by atoms with Crippen LogP contribution in [0.4, 0.5) is 0 Å². The van der Waals surface area contributed by atoms with Crippen LogP contribution in [-0.4, -0.2) is 43.8 Å². The van der Waals surface area contributed by atoms with E-state index in [9.17, 15) is 4.79 Å². The molecule has 0 bridgehead atoms. The molecule has 0 aliphatic carbocycles. The fraction of sp³-hybridized carbons (Fsp3) is 0.581. The zero-order valence-electron chi connectivity index (χ0n) is 22.6. The zero-order valence-corrected chi connectivity index (χ0v) is 22.6. The predicted octanol–water partition coefficient (Wildman–Crippen LogP) is 7.35. The molecule has 4 nitrogen and oxygen atoms in total. The van der Waals surface area contributed by atoms with Crippen LogP contribution in [0.1, 0.15) is 82.8 Å². The molecule has 0 fully saturated rings. The molecule has 2 aromatic carbocycles. The van der Waals surface area contributed by atoms with Gasteiger partial charge in [-0.05, 0) is 37.5 Å². The topological polar surface area (TPSA) is 35.5 Å². The first-order chi connectivity index (χ1) is 16.9. The van der Waals surface area contributed by atoms with Gasteiger partial charge in [-0.25, -0.2) is 0 Å². The van der Waals surface area contributed by atoms with Crippen LogP contribution >= 0.6 is 0 Å². The summed E-state index contributed by atoms with van der Waals surface area (Å²) >= 11 is 0. The van der Waals surface area contributed by atoms with Crippen LogP contribution in [0.3, 0.4) is 0 Å². The van der Waals surface area contributed by atoms with Crippen molar-refractivity contribution in [3.05, 3.63) is 65.7 Å². The van der Waals surface area contributed by atoms with Gasteiger partial charge < -0.3 is 14.0 Å². The van der Waals surface area contributed by atoms with E-state index < -0.39 is 0 Å². The minimum atomic E-state index is -0.168. The molecule has 0 spiro atoms. The fourth-order valence-electron chi connectivity index (χ4n) is 4.38. The molecule has 0 aliphatic rings. The first-order valence-electron chi connectivity index (χ1n) is 13.6. The normalized spacial score (nSPS) is 12.3. The molecule has 1 atom stereocenters. The highest BCUT2D eigenvalue weighted by molar-refractivity contribution is 5.69. The van der Waals surface area contributed by atoms with E-state index in [4.69, 9.17) is 9.47 Å². The number of carbonyl (C=O) groups excluding carboxylic acids is 1. The minimum absolute atomic E-state index is 0.148. The molecule has 1 unspecified atom stereocenters. The van der Waals surface area contributed by atoms with E-state index in [1.54, 1.807) is 0 Å². The summed E-state index contributed by atoms with van der Waals surface area (Å²) in [5.41, 5.74) is 2.68. The van der Waals surface area contributed by atoms with Crippen molar-refractivity contribution in [2.75, 3.05) is 27.2 Å². The maximum atomic E-state index is 12.2. The van der Waals surface area contributed by atoms with Crippen molar-refractivity contribution in [2.45, 2.75) is 90.7 Å². The molecule has 0 N–H and O–H groups in total. The lowest BCUT2D eigenvalue weighted by Gasteiger charge is -2.29. The van der Waals surface area contributed by atoms with E-state index in [0.717, 1.165) is 36.2 Å². The first-order valence-corrected chi connectivity index (χ1v) is 13.6. The molecular formula is C31H48NO3+. The molecule has 4 heteroatoms. The summed E-state index contributed by atoms with van der Waals surface area (Å²) < 4.78 is 12.3. The summed E-state index contributed by atoms with van der Waals surface area (Å²) in [6.45, 7) is 6.37. The molecule has 2 rings (SSSR count). The maximum Gasteiger partial charge on any atom is 0.306 e. The second kappa shape index (κ2) is 16.4. The highest BCUT2D eigenvalue weighted by Crippen LogP contribution is 2.17. The summed E-state index contributed by atoms with van der Waals surface area (Å²) in [6.07, 6.45) is 11.5. The number of quaternary nitrogens is 1. The molecule has 0 amide bonds. The zero-order chi connectivity index (χ0) is 25.4. The number of ether oxygens (including phenoxy) is 2. The molecule has 35 heavy (non-hydrogen) atoms. The van der Waals surface area contributed by atoms with Crippen molar-refractivity contribution in [3.8, 4) is 5.75 Å². The van der Waals surface area contributed by atoms with E-state index in [2.05, 4.69) is 57.4 Å². The van der Waals surface area contributed by atoms with E-state index in [1.165, 1.54) is 56.1 Å². The van der Waals surface area contributed by atoms with Crippen molar-refractivity contribution in [3.63, 3.8) is 0 Å².